The molecular weight excluding hydrogens is 352 g/mol. The summed E-state index contributed by atoms with van der Waals surface area (Å²) in [6.45, 7) is 1.69. The molecule has 0 saturated heterocycles. The molecule has 2 rings (SSSR count). The summed E-state index contributed by atoms with van der Waals surface area (Å²) in [5, 5.41) is 11.6. The standard InChI is InChI=1S/C18H18N4O5/c1-3-14(27-18(20)24)17(23)22-12-5-7-16(21-10-12)26-13-6-4-11(9-19)15(8-13)25-2/h4-8,10,14H,3H2,1-2H3,(H2,20,24)(H,22,23)/t14-/m1/s1. The van der Waals surface area contributed by atoms with Crippen molar-refractivity contribution in [3.05, 3.63) is 42.1 Å². The number of carbonyl (C=O) groups excluding carboxylic acids is 2. The number of nitriles is 1. The number of rotatable bonds is 7. The summed E-state index contributed by atoms with van der Waals surface area (Å²) < 4.78 is 15.4. The minimum Gasteiger partial charge on any atom is -0.495 e. The maximum Gasteiger partial charge on any atom is 0.405 e. The molecule has 2 aromatic rings. The predicted molar refractivity (Wildman–Crippen MR) is 95.4 cm³/mol. The molecule has 27 heavy (non-hydrogen) atoms. The van der Waals surface area contributed by atoms with E-state index < -0.39 is 18.1 Å². The van der Waals surface area contributed by atoms with Crippen LogP contribution in [0.1, 0.15) is 18.9 Å². The van der Waals surface area contributed by atoms with Gasteiger partial charge in [-0.2, -0.15) is 5.26 Å². The molecule has 1 aromatic carbocycles. The van der Waals surface area contributed by atoms with E-state index in [0.717, 1.165) is 0 Å². The molecule has 0 aliphatic carbocycles. The van der Waals surface area contributed by atoms with Crippen LogP contribution in [0.25, 0.3) is 0 Å². The summed E-state index contributed by atoms with van der Waals surface area (Å²) in [6, 6.07) is 9.91. The van der Waals surface area contributed by atoms with E-state index in [1.165, 1.54) is 13.3 Å². The Balaban J connectivity index is 2.04. The number of nitrogens with zero attached hydrogens (tertiary/aromatic N) is 2. The van der Waals surface area contributed by atoms with E-state index in [2.05, 4.69) is 10.3 Å². The smallest absolute Gasteiger partial charge is 0.405 e. The number of hydrogen-bond acceptors (Lipinski definition) is 7. The minimum atomic E-state index is -1.02. The van der Waals surface area contributed by atoms with Gasteiger partial charge in [0.2, 0.25) is 5.88 Å². The Kier molecular flexibility index (Phi) is 6.55. The average Bonchev–Trinajstić information content (AvgIpc) is 2.67. The highest BCUT2D eigenvalue weighted by molar-refractivity contribution is 5.95. The lowest BCUT2D eigenvalue weighted by Crippen LogP contribution is -2.33. The van der Waals surface area contributed by atoms with Gasteiger partial charge >= 0.3 is 6.09 Å². The van der Waals surface area contributed by atoms with Crippen molar-refractivity contribution >= 4 is 17.7 Å². The molecule has 1 atom stereocenters. The molecule has 1 heterocycles. The van der Waals surface area contributed by atoms with Gasteiger partial charge in [0.25, 0.3) is 5.91 Å². The van der Waals surface area contributed by atoms with Gasteiger partial charge in [0.1, 0.15) is 17.6 Å². The fourth-order valence-corrected chi connectivity index (χ4v) is 2.15. The van der Waals surface area contributed by atoms with Crippen LogP contribution in [0, 0.1) is 11.3 Å². The third-order valence-electron chi connectivity index (χ3n) is 3.44. The van der Waals surface area contributed by atoms with E-state index in [1.54, 1.807) is 37.3 Å². The normalized spacial score (nSPS) is 11.0. The van der Waals surface area contributed by atoms with Crippen molar-refractivity contribution < 1.29 is 23.8 Å². The lowest BCUT2D eigenvalue weighted by Gasteiger charge is -2.14. The largest absolute Gasteiger partial charge is 0.495 e. The fraction of sp³-hybridized carbons (Fsp3) is 0.222. The Bertz CT molecular complexity index is 861. The van der Waals surface area contributed by atoms with Gasteiger partial charge in [0.05, 0.1) is 24.6 Å². The molecule has 0 saturated carbocycles. The van der Waals surface area contributed by atoms with Crippen LogP contribution in [0.15, 0.2) is 36.5 Å². The molecule has 9 nitrogen and oxygen atoms in total. The topological polar surface area (TPSA) is 137 Å². The van der Waals surface area contributed by atoms with Crippen LogP contribution in [0.2, 0.25) is 0 Å². The van der Waals surface area contributed by atoms with E-state index in [1.807, 2.05) is 6.07 Å². The fourth-order valence-electron chi connectivity index (χ4n) is 2.15. The second-order valence-corrected chi connectivity index (χ2v) is 5.28. The van der Waals surface area contributed by atoms with E-state index in [4.69, 9.17) is 25.2 Å². The first kappa shape index (κ1) is 19.5. The Labute approximate surface area is 155 Å². The average molecular weight is 370 g/mol. The molecule has 9 heteroatoms. The van der Waals surface area contributed by atoms with Crippen LogP contribution in [-0.4, -0.2) is 30.2 Å². The van der Waals surface area contributed by atoms with Gasteiger partial charge < -0.3 is 25.3 Å². The van der Waals surface area contributed by atoms with Crippen LogP contribution in [0.3, 0.4) is 0 Å². The van der Waals surface area contributed by atoms with Crippen molar-refractivity contribution in [3.8, 4) is 23.4 Å². The molecule has 0 bridgehead atoms. The molecule has 0 unspecified atom stereocenters. The van der Waals surface area contributed by atoms with Crippen LogP contribution in [-0.2, 0) is 9.53 Å². The minimum absolute atomic E-state index is 0.278. The number of anilines is 1. The summed E-state index contributed by atoms with van der Waals surface area (Å²) >= 11 is 0. The maximum absolute atomic E-state index is 12.0. The Morgan fingerprint density at radius 3 is 2.67 bits per heavy atom. The number of hydrogen-bond donors (Lipinski definition) is 2. The molecule has 0 aliphatic rings. The van der Waals surface area contributed by atoms with Crippen LogP contribution < -0.4 is 20.5 Å². The Hall–Kier alpha value is -3.80. The Morgan fingerprint density at radius 2 is 2.11 bits per heavy atom. The van der Waals surface area contributed by atoms with Gasteiger partial charge in [-0.3, -0.25) is 4.79 Å². The highest BCUT2D eigenvalue weighted by Gasteiger charge is 2.20. The third-order valence-corrected chi connectivity index (χ3v) is 3.44. The summed E-state index contributed by atoms with van der Waals surface area (Å²) in [7, 11) is 1.46. The zero-order valence-corrected chi connectivity index (χ0v) is 14.8. The monoisotopic (exact) mass is 370 g/mol. The zero-order chi connectivity index (χ0) is 19.8. The number of benzene rings is 1. The number of nitrogens with two attached hydrogens (primary N) is 1. The maximum atomic E-state index is 12.0. The van der Waals surface area contributed by atoms with E-state index >= 15 is 0 Å². The van der Waals surface area contributed by atoms with Crippen LogP contribution in [0.4, 0.5) is 10.5 Å². The van der Waals surface area contributed by atoms with Gasteiger partial charge in [-0.1, -0.05) is 6.92 Å². The van der Waals surface area contributed by atoms with E-state index in [9.17, 15) is 9.59 Å². The van der Waals surface area contributed by atoms with Crippen molar-refractivity contribution in [1.82, 2.24) is 4.98 Å². The first-order valence-corrected chi connectivity index (χ1v) is 7.95. The summed E-state index contributed by atoms with van der Waals surface area (Å²) in [6.07, 6.45) is -0.323. The number of ether oxygens (including phenoxy) is 3. The highest BCUT2D eigenvalue weighted by Crippen LogP contribution is 2.27. The van der Waals surface area contributed by atoms with Gasteiger partial charge in [-0.15, -0.1) is 0 Å². The molecule has 1 aromatic heterocycles. The third kappa shape index (κ3) is 5.34. The zero-order valence-electron chi connectivity index (χ0n) is 14.8. The van der Waals surface area contributed by atoms with Crippen molar-refractivity contribution in [2.24, 2.45) is 5.73 Å². The van der Waals surface area contributed by atoms with Crippen molar-refractivity contribution in [1.29, 1.82) is 5.26 Å². The van der Waals surface area contributed by atoms with Gasteiger partial charge in [-0.25, -0.2) is 9.78 Å². The first-order chi connectivity index (χ1) is 13.0. The molecule has 3 N–H and O–H groups in total. The number of methoxy groups -OCH3 is 1. The molecule has 0 aliphatic heterocycles. The second kappa shape index (κ2) is 9.05. The first-order valence-electron chi connectivity index (χ1n) is 7.95. The number of primary amides is 1. The number of aromatic nitrogens is 1. The van der Waals surface area contributed by atoms with Crippen LogP contribution in [0.5, 0.6) is 17.4 Å². The highest BCUT2D eigenvalue weighted by atomic mass is 16.6. The van der Waals surface area contributed by atoms with Gasteiger partial charge in [-0.05, 0) is 24.6 Å². The Morgan fingerprint density at radius 1 is 1.33 bits per heavy atom. The number of amides is 2. The number of nitrogens with one attached hydrogen (secondary N) is 1. The van der Waals surface area contributed by atoms with E-state index in [0.29, 0.717) is 22.7 Å². The molecule has 0 fully saturated rings. The molecular formula is C18H18N4O5. The summed E-state index contributed by atoms with van der Waals surface area (Å²) in [5.74, 6) is 0.596. The van der Waals surface area contributed by atoms with Crippen molar-refractivity contribution in [3.63, 3.8) is 0 Å². The van der Waals surface area contributed by atoms with Gasteiger partial charge in [0, 0.05) is 12.1 Å². The summed E-state index contributed by atoms with van der Waals surface area (Å²) in [5.41, 5.74) is 5.72. The number of carbonyl (C=O) groups is 2. The quantitative estimate of drug-likeness (QED) is 0.764. The second-order valence-electron chi connectivity index (χ2n) is 5.28. The molecule has 0 radical (unpaired) electrons. The summed E-state index contributed by atoms with van der Waals surface area (Å²) in [4.78, 5) is 26.9. The number of pyridine rings is 1. The molecule has 2 amide bonds. The molecule has 0 spiro atoms. The van der Waals surface area contributed by atoms with Crippen molar-refractivity contribution in [2.45, 2.75) is 19.4 Å². The predicted octanol–water partition coefficient (Wildman–Crippen LogP) is 2.57. The van der Waals surface area contributed by atoms with Crippen molar-refractivity contribution in [2.75, 3.05) is 12.4 Å². The molecule has 140 valence electrons. The lowest BCUT2D eigenvalue weighted by molar-refractivity contribution is -0.124. The van der Waals surface area contributed by atoms with Crippen LogP contribution >= 0.6 is 0 Å². The lowest BCUT2D eigenvalue weighted by atomic mass is 10.2. The SMILES string of the molecule is CC[C@@H](OC(N)=O)C(=O)Nc1ccc(Oc2ccc(C#N)c(OC)c2)nc1. The van der Waals surface area contributed by atoms with E-state index in [-0.39, 0.29) is 12.3 Å². The van der Waals surface area contributed by atoms with Gasteiger partial charge in [0.15, 0.2) is 6.10 Å².